The third-order valence-corrected chi connectivity index (χ3v) is 3.11. The molecule has 0 radical (unpaired) electrons. The van der Waals surface area contributed by atoms with Crippen LogP contribution in [0.5, 0.6) is 11.5 Å². The first kappa shape index (κ1) is 16.3. The number of rotatable bonds is 7. The quantitative estimate of drug-likeness (QED) is 0.418. The Hall–Kier alpha value is -1.79. The minimum atomic E-state index is -0.654. The normalized spacial score (nSPS) is 12.2. The topological polar surface area (TPSA) is 98.8 Å². The van der Waals surface area contributed by atoms with Crippen molar-refractivity contribution >= 4 is 5.91 Å². The highest BCUT2D eigenvalue weighted by Gasteiger charge is 2.18. The number of phenols is 2. The van der Waals surface area contributed by atoms with E-state index in [9.17, 15) is 15.0 Å². The van der Waals surface area contributed by atoms with Crippen molar-refractivity contribution in [2.45, 2.75) is 18.9 Å². The number of nitrogens with one attached hydrogen (secondary N) is 1. The zero-order valence-electron chi connectivity index (χ0n) is 12.0. The van der Waals surface area contributed by atoms with Crippen LogP contribution in [0.4, 0.5) is 0 Å². The molecule has 1 aromatic rings. The number of amides is 1. The van der Waals surface area contributed by atoms with Crippen LogP contribution in [0.3, 0.4) is 0 Å². The molecule has 0 aliphatic carbocycles. The number of phenolic OH excluding ortho intramolecular Hbond substituents is 2. The first-order chi connectivity index (χ1) is 9.45. The van der Waals surface area contributed by atoms with Crippen molar-refractivity contribution in [3.8, 4) is 11.5 Å². The van der Waals surface area contributed by atoms with Gasteiger partial charge >= 0.3 is 0 Å². The molecule has 0 aliphatic heterocycles. The molecule has 1 aromatic carbocycles. The molecule has 5 N–H and O–H groups in total. The Bertz CT molecular complexity index is 451. The number of aromatic hydroxyl groups is 2. The highest BCUT2D eigenvalue weighted by molar-refractivity contribution is 5.81. The average Bonchev–Trinajstić information content (AvgIpc) is 2.42. The van der Waals surface area contributed by atoms with Gasteiger partial charge in [-0.3, -0.25) is 4.79 Å². The van der Waals surface area contributed by atoms with Crippen LogP contribution >= 0.6 is 0 Å². The van der Waals surface area contributed by atoms with E-state index in [0.717, 1.165) is 13.0 Å². The Morgan fingerprint density at radius 1 is 1.40 bits per heavy atom. The van der Waals surface area contributed by atoms with Gasteiger partial charge in [0.2, 0.25) is 5.91 Å². The fourth-order valence-electron chi connectivity index (χ4n) is 1.92. The van der Waals surface area contributed by atoms with Crippen LogP contribution in [-0.2, 0) is 11.2 Å². The molecule has 0 aliphatic rings. The van der Waals surface area contributed by atoms with E-state index >= 15 is 0 Å². The largest absolute Gasteiger partial charge is 0.504 e. The number of hydrogen-bond donors (Lipinski definition) is 4. The molecule has 0 unspecified atom stereocenters. The lowest BCUT2D eigenvalue weighted by molar-refractivity contribution is -0.131. The van der Waals surface area contributed by atoms with Crippen molar-refractivity contribution < 1.29 is 15.0 Å². The van der Waals surface area contributed by atoms with Crippen molar-refractivity contribution in [3.63, 3.8) is 0 Å². The van der Waals surface area contributed by atoms with Crippen LogP contribution in [0.15, 0.2) is 18.2 Å². The monoisotopic (exact) mass is 281 g/mol. The van der Waals surface area contributed by atoms with E-state index in [4.69, 9.17) is 5.73 Å². The lowest BCUT2D eigenvalue weighted by Crippen LogP contribution is -2.43. The van der Waals surface area contributed by atoms with Crippen LogP contribution in [-0.4, -0.2) is 54.2 Å². The molecular formula is C14H23N3O3. The maximum atomic E-state index is 12.1. The molecule has 0 saturated carbocycles. The Kier molecular flexibility index (Phi) is 6.27. The second kappa shape index (κ2) is 7.72. The van der Waals surface area contributed by atoms with E-state index in [1.54, 1.807) is 18.0 Å². The second-order valence-electron chi connectivity index (χ2n) is 4.85. The molecule has 1 atom stereocenters. The molecule has 6 nitrogen and oxygen atoms in total. The summed E-state index contributed by atoms with van der Waals surface area (Å²) in [5.41, 5.74) is 6.60. The van der Waals surface area contributed by atoms with E-state index in [1.165, 1.54) is 12.1 Å². The Morgan fingerprint density at radius 3 is 2.70 bits per heavy atom. The summed E-state index contributed by atoms with van der Waals surface area (Å²) in [6, 6.07) is 3.80. The Morgan fingerprint density at radius 2 is 2.10 bits per heavy atom. The number of benzene rings is 1. The number of likely N-dealkylation sites (N-methyl/N-ethyl adjacent to an activating group) is 1. The van der Waals surface area contributed by atoms with Gasteiger partial charge in [0.1, 0.15) is 0 Å². The number of nitrogens with zero attached hydrogens (tertiary/aromatic N) is 1. The SMILES string of the molecule is CNCCCN(C)C(=O)[C@@H](N)Cc1ccc(O)c(O)c1. The summed E-state index contributed by atoms with van der Waals surface area (Å²) in [6.07, 6.45) is 1.19. The first-order valence-electron chi connectivity index (χ1n) is 6.61. The van der Waals surface area contributed by atoms with Crippen LogP contribution < -0.4 is 11.1 Å². The number of carbonyl (C=O) groups excluding carboxylic acids is 1. The predicted molar refractivity (Wildman–Crippen MR) is 77.6 cm³/mol. The maximum Gasteiger partial charge on any atom is 0.239 e. The molecule has 1 rings (SSSR count). The van der Waals surface area contributed by atoms with Gasteiger partial charge in [0.25, 0.3) is 0 Å². The van der Waals surface area contributed by atoms with Gasteiger partial charge in [-0.25, -0.2) is 0 Å². The van der Waals surface area contributed by atoms with Crippen molar-refractivity contribution in [1.82, 2.24) is 10.2 Å². The second-order valence-corrected chi connectivity index (χ2v) is 4.85. The number of nitrogens with two attached hydrogens (primary N) is 1. The minimum Gasteiger partial charge on any atom is -0.504 e. The molecule has 0 spiro atoms. The van der Waals surface area contributed by atoms with E-state index in [0.29, 0.717) is 18.5 Å². The average molecular weight is 281 g/mol. The van der Waals surface area contributed by atoms with Crippen molar-refractivity contribution in [1.29, 1.82) is 0 Å². The van der Waals surface area contributed by atoms with Gasteiger partial charge in [-0.2, -0.15) is 0 Å². The molecule has 0 heterocycles. The van der Waals surface area contributed by atoms with Gasteiger partial charge < -0.3 is 26.2 Å². The molecule has 112 valence electrons. The van der Waals surface area contributed by atoms with Gasteiger partial charge in [-0.15, -0.1) is 0 Å². The van der Waals surface area contributed by atoms with Crippen LogP contribution in [0.2, 0.25) is 0 Å². The summed E-state index contributed by atoms with van der Waals surface area (Å²) < 4.78 is 0. The molecular weight excluding hydrogens is 258 g/mol. The van der Waals surface area contributed by atoms with E-state index in [2.05, 4.69) is 5.32 Å². The highest BCUT2D eigenvalue weighted by Crippen LogP contribution is 2.25. The molecule has 0 saturated heterocycles. The van der Waals surface area contributed by atoms with Gasteiger partial charge in [0.15, 0.2) is 11.5 Å². The van der Waals surface area contributed by atoms with Crippen molar-refractivity contribution in [2.75, 3.05) is 27.2 Å². The standard InChI is InChI=1S/C14H23N3O3/c1-16-6-3-7-17(2)14(20)11(15)8-10-4-5-12(18)13(19)9-10/h4-5,9,11,16,18-19H,3,6-8,15H2,1-2H3/t11-/m0/s1. The molecule has 0 fully saturated rings. The van der Waals surface area contributed by atoms with Gasteiger partial charge in [0.05, 0.1) is 6.04 Å². The van der Waals surface area contributed by atoms with E-state index in [1.807, 2.05) is 7.05 Å². The summed E-state index contributed by atoms with van der Waals surface area (Å²) in [4.78, 5) is 13.7. The summed E-state index contributed by atoms with van der Waals surface area (Å²) in [6.45, 7) is 1.49. The Labute approximate surface area is 119 Å². The van der Waals surface area contributed by atoms with Crippen LogP contribution in [0.1, 0.15) is 12.0 Å². The van der Waals surface area contributed by atoms with E-state index in [-0.39, 0.29) is 17.4 Å². The summed E-state index contributed by atoms with van der Waals surface area (Å²) in [7, 11) is 3.59. The molecule has 1 amide bonds. The zero-order valence-corrected chi connectivity index (χ0v) is 12.0. The maximum absolute atomic E-state index is 12.1. The number of carbonyl (C=O) groups is 1. The highest BCUT2D eigenvalue weighted by atomic mass is 16.3. The third-order valence-electron chi connectivity index (χ3n) is 3.11. The Balaban J connectivity index is 2.54. The summed E-state index contributed by atoms with van der Waals surface area (Å²) in [5, 5.41) is 21.7. The first-order valence-corrected chi connectivity index (χ1v) is 6.61. The predicted octanol–water partition coefficient (Wildman–Crippen LogP) is 0.0355. The molecule has 0 bridgehead atoms. The molecule has 0 aromatic heterocycles. The van der Waals surface area contributed by atoms with Gasteiger partial charge in [0, 0.05) is 13.6 Å². The van der Waals surface area contributed by atoms with Crippen LogP contribution in [0.25, 0.3) is 0 Å². The van der Waals surface area contributed by atoms with Crippen molar-refractivity contribution in [3.05, 3.63) is 23.8 Å². The fourth-order valence-corrected chi connectivity index (χ4v) is 1.92. The zero-order chi connectivity index (χ0) is 15.1. The number of hydrogen-bond acceptors (Lipinski definition) is 5. The molecule has 6 heteroatoms. The fraction of sp³-hybridized carbons (Fsp3) is 0.500. The third kappa shape index (κ3) is 4.71. The minimum absolute atomic E-state index is 0.131. The smallest absolute Gasteiger partial charge is 0.239 e. The lowest BCUT2D eigenvalue weighted by Gasteiger charge is -2.21. The van der Waals surface area contributed by atoms with Crippen molar-refractivity contribution in [2.24, 2.45) is 5.73 Å². The van der Waals surface area contributed by atoms with Gasteiger partial charge in [-0.05, 0) is 44.1 Å². The van der Waals surface area contributed by atoms with Gasteiger partial charge in [-0.1, -0.05) is 6.07 Å². The summed E-state index contributed by atoms with van der Waals surface area (Å²) >= 11 is 0. The molecule has 20 heavy (non-hydrogen) atoms. The van der Waals surface area contributed by atoms with Crippen LogP contribution in [0, 0.1) is 0 Å². The summed E-state index contributed by atoms with van der Waals surface area (Å²) in [5.74, 6) is -0.518. The van der Waals surface area contributed by atoms with E-state index < -0.39 is 6.04 Å². The lowest BCUT2D eigenvalue weighted by atomic mass is 10.0.